The van der Waals surface area contributed by atoms with Crippen molar-refractivity contribution in [3.63, 3.8) is 0 Å². The van der Waals surface area contributed by atoms with Crippen LogP contribution in [0.5, 0.6) is 5.75 Å². The summed E-state index contributed by atoms with van der Waals surface area (Å²) in [5, 5.41) is 20.6. The standard InChI is InChI=1S/C23H26N2O5/c1-4-12-25-19-11-10-17(24-13-7-9-20(30-3)21(24)27)15-18(19)23(29,22(25)28)16(2)8-5-6-14-26/h4-5,7-11,13,15-16,26,29H,1,6,12,14H2,2-3H3/b8-5+/t16-,23+/m1/s1. The Bertz CT molecular complexity index is 1040. The first-order valence-corrected chi connectivity index (χ1v) is 9.73. The molecule has 0 fully saturated rings. The minimum Gasteiger partial charge on any atom is -0.491 e. The number of amides is 1. The molecule has 1 amide bonds. The van der Waals surface area contributed by atoms with Gasteiger partial charge in [-0.15, -0.1) is 6.58 Å². The molecular formula is C23H26N2O5. The number of anilines is 1. The molecule has 0 radical (unpaired) electrons. The van der Waals surface area contributed by atoms with Crippen LogP contribution < -0.4 is 15.2 Å². The Hall–Kier alpha value is -3.16. The van der Waals surface area contributed by atoms with Crippen molar-refractivity contribution in [2.24, 2.45) is 5.92 Å². The topological polar surface area (TPSA) is 92.0 Å². The Labute approximate surface area is 175 Å². The fourth-order valence-corrected chi connectivity index (χ4v) is 3.74. The van der Waals surface area contributed by atoms with E-state index in [0.717, 1.165) is 0 Å². The molecule has 0 saturated heterocycles. The number of carbonyl (C=O) groups is 1. The molecule has 0 bridgehead atoms. The van der Waals surface area contributed by atoms with Gasteiger partial charge in [-0.25, -0.2) is 0 Å². The van der Waals surface area contributed by atoms with Crippen LogP contribution in [0.3, 0.4) is 0 Å². The molecular weight excluding hydrogens is 384 g/mol. The van der Waals surface area contributed by atoms with Gasteiger partial charge in [0.2, 0.25) is 0 Å². The van der Waals surface area contributed by atoms with Gasteiger partial charge in [0.15, 0.2) is 11.4 Å². The van der Waals surface area contributed by atoms with Crippen LogP contribution in [0.25, 0.3) is 5.69 Å². The van der Waals surface area contributed by atoms with Crippen molar-refractivity contribution in [2.45, 2.75) is 18.9 Å². The summed E-state index contributed by atoms with van der Waals surface area (Å²) in [5.74, 6) is -0.811. The van der Waals surface area contributed by atoms with Crippen molar-refractivity contribution in [1.29, 1.82) is 0 Å². The quantitative estimate of drug-likeness (QED) is 0.651. The molecule has 158 valence electrons. The Morgan fingerprint density at radius 3 is 2.73 bits per heavy atom. The van der Waals surface area contributed by atoms with Crippen molar-refractivity contribution in [3.05, 3.63) is 77.3 Å². The van der Waals surface area contributed by atoms with E-state index in [-0.39, 0.29) is 24.5 Å². The van der Waals surface area contributed by atoms with Gasteiger partial charge in [0, 0.05) is 36.5 Å². The Morgan fingerprint density at radius 2 is 2.07 bits per heavy atom. The lowest BCUT2D eigenvalue weighted by Crippen LogP contribution is -2.44. The van der Waals surface area contributed by atoms with Crippen molar-refractivity contribution >= 4 is 11.6 Å². The molecule has 30 heavy (non-hydrogen) atoms. The third-order valence-corrected chi connectivity index (χ3v) is 5.35. The number of aliphatic hydroxyl groups excluding tert-OH is 1. The van der Waals surface area contributed by atoms with Crippen LogP contribution >= 0.6 is 0 Å². The molecule has 2 heterocycles. The first-order valence-electron chi connectivity index (χ1n) is 9.73. The molecule has 7 heteroatoms. The second-order valence-electron chi connectivity index (χ2n) is 7.15. The van der Waals surface area contributed by atoms with Crippen molar-refractivity contribution < 1.29 is 19.7 Å². The SMILES string of the molecule is C=CCN1C(=O)[C@](O)([C@H](C)/C=C/CCO)c2cc(-n3cccc(OC)c3=O)ccc21. The molecule has 0 aliphatic carbocycles. The molecule has 2 N–H and O–H groups in total. The maximum atomic E-state index is 13.2. The number of nitrogens with zero attached hydrogens (tertiary/aromatic N) is 2. The molecule has 1 aliphatic heterocycles. The fraction of sp³-hybridized carbons (Fsp3) is 0.304. The zero-order valence-electron chi connectivity index (χ0n) is 17.1. The maximum absolute atomic E-state index is 13.2. The average molecular weight is 410 g/mol. The lowest BCUT2D eigenvalue weighted by molar-refractivity contribution is -0.139. The summed E-state index contributed by atoms with van der Waals surface area (Å²) < 4.78 is 6.52. The summed E-state index contributed by atoms with van der Waals surface area (Å²) >= 11 is 0. The minimum absolute atomic E-state index is 0.0162. The number of pyridine rings is 1. The maximum Gasteiger partial charge on any atom is 0.297 e. The summed E-state index contributed by atoms with van der Waals surface area (Å²) in [7, 11) is 1.43. The number of rotatable bonds is 8. The molecule has 1 aliphatic rings. The number of methoxy groups -OCH3 is 1. The molecule has 0 saturated carbocycles. The Kier molecular flexibility index (Phi) is 6.24. The summed E-state index contributed by atoms with van der Waals surface area (Å²) in [6.07, 6.45) is 7.09. The van der Waals surface area contributed by atoms with Gasteiger partial charge in [-0.05, 0) is 36.8 Å². The first kappa shape index (κ1) is 21.5. The third kappa shape index (κ3) is 3.46. The summed E-state index contributed by atoms with van der Waals surface area (Å²) in [6, 6.07) is 8.37. The van der Waals surface area contributed by atoms with E-state index in [9.17, 15) is 14.7 Å². The zero-order valence-corrected chi connectivity index (χ0v) is 17.1. The van der Waals surface area contributed by atoms with E-state index in [0.29, 0.717) is 23.4 Å². The van der Waals surface area contributed by atoms with Gasteiger partial charge in [0.25, 0.3) is 11.5 Å². The average Bonchev–Trinajstić information content (AvgIpc) is 2.96. The van der Waals surface area contributed by atoms with Gasteiger partial charge < -0.3 is 19.8 Å². The van der Waals surface area contributed by atoms with Crippen LogP contribution in [0.1, 0.15) is 18.9 Å². The zero-order chi connectivity index (χ0) is 21.9. The van der Waals surface area contributed by atoms with E-state index in [1.807, 2.05) is 0 Å². The number of fused-ring (bicyclic) bond motifs is 1. The molecule has 2 aromatic rings. The second-order valence-corrected chi connectivity index (χ2v) is 7.15. The van der Waals surface area contributed by atoms with E-state index in [2.05, 4.69) is 6.58 Å². The number of hydrogen-bond donors (Lipinski definition) is 2. The number of ether oxygens (including phenoxy) is 1. The normalized spacial score (nSPS) is 19.2. The summed E-state index contributed by atoms with van der Waals surface area (Å²) in [6.45, 7) is 5.68. The summed E-state index contributed by atoms with van der Waals surface area (Å²) in [4.78, 5) is 27.4. The predicted molar refractivity (Wildman–Crippen MR) is 115 cm³/mol. The highest BCUT2D eigenvalue weighted by Crippen LogP contribution is 2.45. The highest BCUT2D eigenvalue weighted by Gasteiger charge is 2.52. The number of hydrogen-bond acceptors (Lipinski definition) is 5. The summed E-state index contributed by atoms with van der Waals surface area (Å²) in [5.41, 5.74) is -0.641. The second kappa shape index (κ2) is 8.69. The van der Waals surface area contributed by atoms with Crippen molar-refractivity contribution in [1.82, 2.24) is 4.57 Å². The van der Waals surface area contributed by atoms with Crippen molar-refractivity contribution in [2.75, 3.05) is 25.2 Å². The monoisotopic (exact) mass is 410 g/mol. The van der Waals surface area contributed by atoms with Gasteiger partial charge >= 0.3 is 0 Å². The molecule has 3 rings (SSSR count). The fourth-order valence-electron chi connectivity index (χ4n) is 3.74. The minimum atomic E-state index is -1.80. The molecule has 2 atom stereocenters. The number of benzene rings is 1. The van der Waals surface area contributed by atoms with Gasteiger partial charge in [-0.1, -0.05) is 25.2 Å². The van der Waals surface area contributed by atoms with E-state index < -0.39 is 17.4 Å². The molecule has 7 nitrogen and oxygen atoms in total. The molecule has 1 aromatic heterocycles. The first-order chi connectivity index (χ1) is 14.4. The highest BCUT2D eigenvalue weighted by atomic mass is 16.5. The number of aliphatic hydroxyl groups is 2. The lowest BCUT2D eigenvalue weighted by Gasteiger charge is -2.27. The lowest BCUT2D eigenvalue weighted by atomic mass is 9.82. The van der Waals surface area contributed by atoms with E-state index in [1.165, 1.54) is 16.6 Å². The predicted octanol–water partition coefficient (Wildman–Crippen LogP) is 2.14. The highest BCUT2D eigenvalue weighted by molar-refractivity contribution is 6.07. The molecule has 0 spiro atoms. The van der Waals surface area contributed by atoms with Crippen LogP contribution in [0.4, 0.5) is 5.69 Å². The number of carbonyl (C=O) groups excluding carboxylic acids is 1. The molecule has 1 aromatic carbocycles. The Morgan fingerprint density at radius 1 is 1.30 bits per heavy atom. The van der Waals surface area contributed by atoms with Gasteiger partial charge in [0.1, 0.15) is 0 Å². The van der Waals surface area contributed by atoms with Crippen LogP contribution in [0, 0.1) is 5.92 Å². The smallest absolute Gasteiger partial charge is 0.297 e. The largest absolute Gasteiger partial charge is 0.491 e. The van der Waals surface area contributed by atoms with Crippen LogP contribution in [0.2, 0.25) is 0 Å². The van der Waals surface area contributed by atoms with Crippen molar-refractivity contribution in [3.8, 4) is 11.4 Å². The van der Waals surface area contributed by atoms with Gasteiger partial charge in [-0.3, -0.25) is 14.2 Å². The van der Waals surface area contributed by atoms with Crippen LogP contribution in [-0.4, -0.2) is 40.9 Å². The van der Waals surface area contributed by atoms with E-state index in [1.54, 1.807) is 61.7 Å². The van der Waals surface area contributed by atoms with Gasteiger partial charge in [0.05, 0.1) is 12.8 Å². The van der Waals surface area contributed by atoms with Crippen LogP contribution in [-0.2, 0) is 10.4 Å². The van der Waals surface area contributed by atoms with Crippen LogP contribution in [0.15, 0.2) is 66.1 Å². The van der Waals surface area contributed by atoms with E-state index >= 15 is 0 Å². The Balaban J connectivity index is 2.17. The van der Waals surface area contributed by atoms with Gasteiger partial charge in [-0.2, -0.15) is 0 Å². The molecule has 0 unspecified atom stereocenters. The third-order valence-electron chi connectivity index (χ3n) is 5.35. The number of aromatic nitrogens is 1. The van der Waals surface area contributed by atoms with E-state index in [4.69, 9.17) is 9.84 Å².